The first kappa shape index (κ1) is 8.30. The zero-order valence-electron chi connectivity index (χ0n) is 6.34. The molecule has 0 aliphatic heterocycles. The van der Waals surface area contributed by atoms with Crippen molar-refractivity contribution < 1.29 is 0 Å². The van der Waals surface area contributed by atoms with E-state index in [-0.39, 0.29) is 5.56 Å². The van der Waals surface area contributed by atoms with E-state index >= 15 is 0 Å². The van der Waals surface area contributed by atoms with E-state index in [0.29, 0.717) is 10.0 Å². The number of rotatable bonds is 1. The van der Waals surface area contributed by atoms with Gasteiger partial charge in [-0.05, 0) is 0 Å². The number of H-pyrrole nitrogens is 1. The van der Waals surface area contributed by atoms with Gasteiger partial charge in [0.05, 0.1) is 0 Å². The molecule has 1 aromatic heterocycles. The number of hydrogen-bond acceptors (Lipinski definition) is 2. The molecule has 1 rings (SSSR count). The van der Waals surface area contributed by atoms with Crippen LogP contribution in [0.2, 0.25) is 0 Å². The Morgan fingerprint density at radius 3 is 2.91 bits per heavy atom. The van der Waals surface area contributed by atoms with Gasteiger partial charge in [-0.1, -0.05) is 0 Å². The van der Waals surface area contributed by atoms with Gasteiger partial charge in [-0.15, -0.1) is 0 Å². The Bertz CT molecular complexity index is 365. The zero-order chi connectivity index (χ0) is 8.43. The second-order valence-corrected chi connectivity index (χ2v) is 2.93. The summed E-state index contributed by atoms with van der Waals surface area (Å²) in [5.41, 5.74) is 0.520. The SMILES string of the molecule is CNc1c[nH]c(=[Se])n(C)c1=O. The van der Waals surface area contributed by atoms with Gasteiger partial charge in [-0.25, -0.2) is 0 Å². The summed E-state index contributed by atoms with van der Waals surface area (Å²) in [6, 6.07) is 0. The van der Waals surface area contributed by atoms with Crippen molar-refractivity contribution in [2.24, 2.45) is 7.05 Å². The van der Waals surface area contributed by atoms with Crippen molar-refractivity contribution in [2.75, 3.05) is 12.4 Å². The molecule has 0 atom stereocenters. The molecule has 5 heteroatoms. The second-order valence-electron chi connectivity index (χ2n) is 2.12. The van der Waals surface area contributed by atoms with Gasteiger partial charge >= 0.3 is 71.1 Å². The average molecular weight is 218 g/mol. The third-order valence-electron chi connectivity index (χ3n) is 1.45. The van der Waals surface area contributed by atoms with Crippen molar-refractivity contribution in [1.29, 1.82) is 0 Å². The fourth-order valence-corrected chi connectivity index (χ4v) is 1.04. The van der Waals surface area contributed by atoms with Gasteiger partial charge < -0.3 is 0 Å². The molecule has 2 N–H and O–H groups in total. The molecule has 0 radical (unpaired) electrons. The van der Waals surface area contributed by atoms with Crippen molar-refractivity contribution in [2.45, 2.75) is 0 Å². The van der Waals surface area contributed by atoms with Crippen LogP contribution in [0.25, 0.3) is 0 Å². The summed E-state index contributed by atoms with van der Waals surface area (Å²) in [5.74, 6) is 0. The minimum atomic E-state index is -0.0417. The third kappa shape index (κ3) is 1.44. The molecule has 1 aromatic rings. The van der Waals surface area contributed by atoms with Crippen molar-refractivity contribution in [1.82, 2.24) is 9.55 Å². The minimum absolute atomic E-state index is 0.0417. The molecule has 0 spiro atoms. The Morgan fingerprint density at radius 1 is 1.73 bits per heavy atom. The summed E-state index contributed by atoms with van der Waals surface area (Å²) in [4.78, 5) is 14.2. The Hall–Kier alpha value is -0.801. The topological polar surface area (TPSA) is 49.8 Å². The number of anilines is 1. The van der Waals surface area contributed by atoms with E-state index in [9.17, 15) is 4.79 Å². The van der Waals surface area contributed by atoms with Crippen LogP contribution in [0, 0.1) is 4.32 Å². The molecule has 0 aliphatic rings. The van der Waals surface area contributed by atoms with Gasteiger partial charge in [0, 0.05) is 0 Å². The van der Waals surface area contributed by atoms with Crippen molar-refractivity contribution in [3.8, 4) is 0 Å². The molecule has 0 saturated heterocycles. The van der Waals surface area contributed by atoms with Gasteiger partial charge in [0.15, 0.2) is 0 Å². The molecule has 1 heterocycles. The number of nitrogens with zero attached hydrogens (tertiary/aromatic N) is 1. The first-order valence-corrected chi connectivity index (χ1v) is 3.99. The van der Waals surface area contributed by atoms with Crippen LogP contribution in [0.4, 0.5) is 5.69 Å². The Kier molecular flexibility index (Phi) is 2.31. The summed E-state index contributed by atoms with van der Waals surface area (Å²) in [5, 5.41) is 2.78. The van der Waals surface area contributed by atoms with Crippen molar-refractivity contribution in [3.63, 3.8) is 0 Å². The van der Waals surface area contributed by atoms with Gasteiger partial charge in [0.2, 0.25) is 0 Å². The molecule has 11 heavy (non-hydrogen) atoms. The summed E-state index contributed by atoms with van der Waals surface area (Å²) < 4.78 is 2.22. The van der Waals surface area contributed by atoms with Gasteiger partial charge in [0.25, 0.3) is 0 Å². The van der Waals surface area contributed by atoms with Gasteiger partial charge in [0.1, 0.15) is 0 Å². The van der Waals surface area contributed by atoms with Crippen molar-refractivity contribution >= 4 is 21.3 Å². The fraction of sp³-hybridized carbons (Fsp3) is 0.333. The molecule has 0 amide bonds. The maximum atomic E-state index is 11.3. The summed E-state index contributed by atoms with van der Waals surface area (Å²) >= 11 is 2.74. The normalized spacial score (nSPS) is 9.64. The predicted molar refractivity (Wildman–Crippen MR) is 44.6 cm³/mol. The molecule has 0 fully saturated rings. The Morgan fingerprint density at radius 2 is 2.36 bits per heavy atom. The molecule has 0 aromatic carbocycles. The molecule has 4 nitrogen and oxygen atoms in total. The van der Waals surface area contributed by atoms with Crippen LogP contribution in [0.3, 0.4) is 0 Å². The maximum absolute atomic E-state index is 11.3. The number of aromatic amines is 1. The van der Waals surface area contributed by atoms with E-state index in [1.54, 1.807) is 20.3 Å². The van der Waals surface area contributed by atoms with E-state index in [2.05, 4.69) is 25.9 Å². The molecule has 0 unspecified atom stereocenters. The summed E-state index contributed by atoms with van der Waals surface area (Å²) in [6.07, 6.45) is 1.63. The molecular formula is C6H9N3OSe. The average Bonchev–Trinajstić information content (AvgIpc) is 2.01. The van der Waals surface area contributed by atoms with Gasteiger partial charge in [-0.3, -0.25) is 0 Å². The van der Waals surface area contributed by atoms with E-state index in [1.807, 2.05) is 0 Å². The third-order valence-corrected chi connectivity index (χ3v) is 2.27. The first-order valence-electron chi connectivity index (χ1n) is 3.13. The summed E-state index contributed by atoms with van der Waals surface area (Å²) in [7, 11) is 3.41. The van der Waals surface area contributed by atoms with Crippen LogP contribution in [0.5, 0.6) is 0 Å². The molecular weight excluding hydrogens is 209 g/mol. The van der Waals surface area contributed by atoms with Crippen molar-refractivity contribution in [3.05, 3.63) is 20.9 Å². The van der Waals surface area contributed by atoms with Crippen LogP contribution in [-0.4, -0.2) is 32.2 Å². The van der Waals surface area contributed by atoms with Crippen LogP contribution < -0.4 is 10.9 Å². The van der Waals surface area contributed by atoms with Crippen LogP contribution in [-0.2, 0) is 7.05 Å². The predicted octanol–water partition coefficient (Wildman–Crippen LogP) is -0.544. The fourth-order valence-electron chi connectivity index (χ4n) is 0.744. The van der Waals surface area contributed by atoms with E-state index < -0.39 is 0 Å². The second kappa shape index (κ2) is 3.07. The monoisotopic (exact) mass is 219 g/mol. The Balaban J connectivity index is 3.50. The number of hydrogen-bond donors (Lipinski definition) is 2. The van der Waals surface area contributed by atoms with Gasteiger partial charge in [-0.2, -0.15) is 0 Å². The first-order chi connectivity index (χ1) is 5.16. The Labute approximate surface area is 71.6 Å². The van der Waals surface area contributed by atoms with E-state index in [4.69, 9.17) is 0 Å². The zero-order valence-corrected chi connectivity index (χ0v) is 8.05. The summed E-state index contributed by atoms with van der Waals surface area (Å²) in [6.45, 7) is 0. The molecule has 0 saturated carbocycles. The van der Waals surface area contributed by atoms with Crippen LogP contribution in [0.15, 0.2) is 11.0 Å². The molecule has 60 valence electrons. The molecule has 0 bridgehead atoms. The quantitative estimate of drug-likeness (QED) is 0.622. The van der Waals surface area contributed by atoms with E-state index in [0.717, 1.165) is 0 Å². The number of nitrogens with one attached hydrogen (secondary N) is 2. The van der Waals surface area contributed by atoms with Crippen LogP contribution in [0.1, 0.15) is 0 Å². The number of aromatic nitrogens is 2. The standard InChI is InChI=1S/C6H9N3OSe/c1-7-4-3-8-6(11)9(2)5(4)10/h3,7H,1-2H3,(H,8,11). The van der Waals surface area contributed by atoms with E-state index in [1.165, 1.54) is 4.57 Å². The van der Waals surface area contributed by atoms with Crippen LogP contribution >= 0.6 is 0 Å². The molecule has 0 aliphatic carbocycles.